The lowest BCUT2D eigenvalue weighted by molar-refractivity contribution is -0.129. The maximum Gasteiger partial charge on any atom is 0.340 e. The van der Waals surface area contributed by atoms with E-state index in [1.807, 2.05) is 12.1 Å². The van der Waals surface area contributed by atoms with Crippen LogP contribution in [-0.4, -0.2) is 21.1 Å². The third-order valence-electron chi connectivity index (χ3n) is 4.27. The summed E-state index contributed by atoms with van der Waals surface area (Å²) in [6, 6.07) is 5.12. The maximum atomic E-state index is 12.5. The number of halogens is 2. The quantitative estimate of drug-likeness (QED) is 0.788. The Balaban J connectivity index is 1.68. The standard InChI is InChI=1S/C15H16Cl2N4O2/c1-7(13-19-15(23)21-20-13)18-14(22)10-4-3-9(10)8-2-5-11(16)12(17)6-8/h2,5-7,9-10H,3-4H2,1H3,(H,18,22)(H2,19,20,21,23). The Morgan fingerprint density at radius 3 is 2.70 bits per heavy atom. The van der Waals surface area contributed by atoms with Crippen molar-refractivity contribution in [2.75, 3.05) is 0 Å². The molecule has 3 rings (SSSR count). The fraction of sp³-hybridized carbons (Fsp3) is 0.400. The molecule has 0 radical (unpaired) electrons. The van der Waals surface area contributed by atoms with Gasteiger partial charge in [0.1, 0.15) is 0 Å². The van der Waals surface area contributed by atoms with E-state index in [1.165, 1.54) is 0 Å². The first-order chi connectivity index (χ1) is 11.0. The number of aromatic nitrogens is 3. The molecule has 0 saturated heterocycles. The van der Waals surface area contributed by atoms with Gasteiger partial charge in [0.05, 0.1) is 16.1 Å². The molecule has 0 bridgehead atoms. The fourth-order valence-electron chi connectivity index (χ4n) is 2.83. The van der Waals surface area contributed by atoms with E-state index in [1.54, 1.807) is 13.0 Å². The molecule has 1 fully saturated rings. The molecule has 2 aromatic rings. The zero-order valence-corrected chi connectivity index (χ0v) is 13.9. The zero-order chi connectivity index (χ0) is 16.6. The fourth-order valence-corrected chi connectivity index (χ4v) is 3.14. The molecule has 0 spiro atoms. The summed E-state index contributed by atoms with van der Waals surface area (Å²) in [4.78, 5) is 26.1. The monoisotopic (exact) mass is 354 g/mol. The SMILES string of the molecule is CC(NC(=O)C1CCC1c1ccc(Cl)c(Cl)c1)c1n[nH]c(=O)[nH]1. The first-order valence-corrected chi connectivity index (χ1v) is 8.11. The van der Waals surface area contributed by atoms with Gasteiger partial charge in [-0.1, -0.05) is 29.3 Å². The van der Waals surface area contributed by atoms with Gasteiger partial charge in [-0.2, -0.15) is 5.10 Å². The Morgan fingerprint density at radius 2 is 2.13 bits per heavy atom. The molecule has 1 heterocycles. The van der Waals surface area contributed by atoms with E-state index >= 15 is 0 Å². The molecule has 1 saturated carbocycles. The molecular weight excluding hydrogens is 339 g/mol. The number of aromatic amines is 2. The molecule has 8 heteroatoms. The van der Waals surface area contributed by atoms with Crippen molar-refractivity contribution in [3.05, 3.63) is 50.1 Å². The van der Waals surface area contributed by atoms with Crippen molar-refractivity contribution in [1.82, 2.24) is 20.5 Å². The van der Waals surface area contributed by atoms with Crippen molar-refractivity contribution in [3.8, 4) is 0 Å². The predicted molar refractivity (Wildman–Crippen MR) is 87.7 cm³/mol. The minimum absolute atomic E-state index is 0.0522. The van der Waals surface area contributed by atoms with Gasteiger partial charge in [-0.25, -0.2) is 9.89 Å². The number of nitrogens with one attached hydrogen (secondary N) is 3. The second kappa shape index (κ2) is 6.37. The van der Waals surface area contributed by atoms with Crippen LogP contribution in [0.5, 0.6) is 0 Å². The highest BCUT2D eigenvalue weighted by atomic mass is 35.5. The first kappa shape index (κ1) is 16.1. The first-order valence-electron chi connectivity index (χ1n) is 7.35. The van der Waals surface area contributed by atoms with Gasteiger partial charge in [0.15, 0.2) is 5.82 Å². The van der Waals surface area contributed by atoms with Crippen molar-refractivity contribution in [1.29, 1.82) is 0 Å². The highest BCUT2D eigenvalue weighted by Crippen LogP contribution is 2.44. The summed E-state index contributed by atoms with van der Waals surface area (Å²) in [5.74, 6) is 0.382. The molecule has 1 aliphatic carbocycles. The minimum Gasteiger partial charge on any atom is -0.346 e. The van der Waals surface area contributed by atoms with Gasteiger partial charge in [0, 0.05) is 5.92 Å². The molecule has 0 aliphatic heterocycles. The van der Waals surface area contributed by atoms with Crippen LogP contribution in [0.25, 0.3) is 0 Å². The normalized spacial score (nSPS) is 21.5. The van der Waals surface area contributed by atoms with Crippen molar-refractivity contribution >= 4 is 29.1 Å². The number of H-pyrrole nitrogens is 2. The number of hydrogen-bond donors (Lipinski definition) is 3. The molecule has 1 aromatic heterocycles. The average Bonchev–Trinajstić information content (AvgIpc) is 2.88. The number of carbonyl (C=O) groups excluding carboxylic acids is 1. The van der Waals surface area contributed by atoms with Gasteiger partial charge < -0.3 is 5.32 Å². The van der Waals surface area contributed by atoms with E-state index in [-0.39, 0.29) is 23.8 Å². The van der Waals surface area contributed by atoms with E-state index in [4.69, 9.17) is 23.2 Å². The highest BCUT2D eigenvalue weighted by molar-refractivity contribution is 6.42. The minimum atomic E-state index is -0.390. The van der Waals surface area contributed by atoms with E-state index in [9.17, 15) is 9.59 Å². The van der Waals surface area contributed by atoms with Crippen molar-refractivity contribution in [2.24, 2.45) is 5.92 Å². The molecule has 122 valence electrons. The van der Waals surface area contributed by atoms with Crippen LogP contribution in [0, 0.1) is 5.92 Å². The second-order valence-electron chi connectivity index (χ2n) is 5.76. The lowest BCUT2D eigenvalue weighted by atomic mass is 9.69. The molecule has 1 aromatic carbocycles. The summed E-state index contributed by atoms with van der Waals surface area (Å²) in [6.07, 6.45) is 1.75. The van der Waals surface area contributed by atoms with Crippen LogP contribution in [-0.2, 0) is 4.79 Å². The van der Waals surface area contributed by atoms with E-state index in [0.717, 1.165) is 18.4 Å². The third kappa shape index (κ3) is 3.28. The van der Waals surface area contributed by atoms with Crippen molar-refractivity contribution in [2.45, 2.75) is 31.7 Å². The number of nitrogens with zero attached hydrogens (tertiary/aromatic N) is 1. The molecule has 1 aliphatic rings. The molecular formula is C15H16Cl2N4O2. The Morgan fingerprint density at radius 1 is 1.35 bits per heavy atom. The number of benzene rings is 1. The second-order valence-corrected chi connectivity index (χ2v) is 6.57. The lowest BCUT2D eigenvalue weighted by Crippen LogP contribution is -2.40. The molecule has 3 atom stereocenters. The largest absolute Gasteiger partial charge is 0.346 e. The molecule has 6 nitrogen and oxygen atoms in total. The summed E-state index contributed by atoms with van der Waals surface area (Å²) in [5, 5.41) is 10.0. The Bertz CT molecular complexity index is 786. The smallest absolute Gasteiger partial charge is 0.340 e. The number of amides is 1. The van der Waals surface area contributed by atoms with Crippen molar-refractivity contribution < 1.29 is 4.79 Å². The number of hydrogen-bond acceptors (Lipinski definition) is 3. The van der Waals surface area contributed by atoms with Crippen LogP contribution in [0.2, 0.25) is 10.0 Å². The van der Waals surface area contributed by atoms with E-state index in [2.05, 4.69) is 20.5 Å². The van der Waals surface area contributed by atoms with Gasteiger partial charge in [0.2, 0.25) is 5.91 Å². The predicted octanol–water partition coefficient (Wildman–Crippen LogP) is 2.78. The van der Waals surface area contributed by atoms with Gasteiger partial charge in [0.25, 0.3) is 0 Å². The summed E-state index contributed by atoms with van der Waals surface area (Å²) in [7, 11) is 0. The van der Waals surface area contributed by atoms with Crippen LogP contribution in [0.15, 0.2) is 23.0 Å². The Labute approximate surface area is 142 Å². The summed E-state index contributed by atoms with van der Waals surface area (Å²) < 4.78 is 0. The maximum absolute atomic E-state index is 12.5. The molecule has 23 heavy (non-hydrogen) atoms. The zero-order valence-electron chi connectivity index (χ0n) is 12.4. The van der Waals surface area contributed by atoms with Crippen LogP contribution in [0.3, 0.4) is 0 Å². The van der Waals surface area contributed by atoms with Gasteiger partial charge in [-0.05, 0) is 43.4 Å². The Hall–Kier alpha value is -1.79. The average molecular weight is 355 g/mol. The third-order valence-corrected chi connectivity index (χ3v) is 5.01. The topological polar surface area (TPSA) is 90.6 Å². The van der Waals surface area contributed by atoms with E-state index < -0.39 is 5.69 Å². The van der Waals surface area contributed by atoms with Gasteiger partial charge >= 0.3 is 5.69 Å². The molecule has 1 amide bonds. The molecule has 3 N–H and O–H groups in total. The number of carbonyl (C=O) groups is 1. The Kier molecular flexibility index (Phi) is 4.46. The summed E-state index contributed by atoms with van der Waals surface area (Å²) in [5.41, 5.74) is 0.630. The summed E-state index contributed by atoms with van der Waals surface area (Å²) >= 11 is 12.0. The van der Waals surface area contributed by atoms with Crippen LogP contribution in [0.1, 0.15) is 43.1 Å². The lowest BCUT2D eigenvalue weighted by Gasteiger charge is -2.36. The highest BCUT2D eigenvalue weighted by Gasteiger charge is 2.38. The van der Waals surface area contributed by atoms with Crippen LogP contribution in [0.4, 0.5) is 0 Å². The number of rotatable bonds is 4. The summed E-state index contributed by atoms with van der Waals surface area (Å²) in [6.45, 7) is 1.77. The van der Waals surface area contributed by atoms with Gasteiger partial charge in [-0.15, -0.1) is 0 Å². The van der Waals surface area contributed by atoms with Crippen LogP contribution < -0.4 is 11.0 Å². The van der Waals surface area contributed by atoms with E-state index in [0.29, 0.717) is 15.9 Å². The van der Waals surface area contributed by atoms with Crippen molar-refractivity contribution in [3.63, 3.8) is 0 Å². The molecule has 3 unspecified atom stereocenters. The van der Waals surface area contributed by atoms with Gasteiger partial charge in [-0.3, -0.25) is 9.78 Å². The van der Waals surface area contributed by atoms with Crippen LogP contribution >= 0.6 is 23.2 Å².